The molecule has 0 saturated heterocycles. The van der Waals surface area contributed by atoms with Crippen LogP contribution in [0.5, 0.6) is 0 Å². The van der Waals surface area contributed by atoms with Crippen LogP contribution in [0.2, 0.25) is 0 Å². The Kier molecular flexibility index (Phi) is 10.5. The van der Waals surface area contributed by atoms with E-state index in [4.69, 9.17) is 4.74 Å². The van der Waals surface area contributed by atoms with Gasteiger partial charge >= 0.3 is 5.97 Å². The Balaban J connectivity index is 1.42. The molecule has 0 N–H and O–H groups in total. The second-order valence-electron chi connectivity index (χ2n) is 7.55. The maximum absolute atomic E-state index is 11.7. The molecule has 0 radical (unpaired) electrons. The maximum Gasteiger partial charge on any atom is 0.306 e. The summed E-state index contributed by atoms with van der Waals surface area (Å²) in [7, 11) is 0. The molecule has 0 bridgehead atoms. The summed E-state index contributed by atoms with van der Waals surface area (Å²) < 4.78 is 5.27. The molecule has 2 rings (SSSR count). The Labute approximate surface area is 164 Å². The molecule has 0 fully saturated rings. The van der Waals surface area contributed by atoms with Crippen molar-refractivity contribution < 1.29 is 9.53 Å². The van der Waals surface area contributed by atoms with Crippen LogP contribution in [0.1, 0.15) is 76.7 Å². The first-order valence-corrected chi connectivity index (χ1v) is 10.7. The molecule has 1 aromatic heterocycles. The van der Waals surface area contributed by atoms with Gasteiger partial charge in [-0.15, -0.1) is 0 Å². The number of unbranched alkanes of at least 4 members (excludes halogenated alkanes) is 5. The van der Waals surface area contributed by atoms with E-state index in [-0.39, 0.29) is 5.97 Å². The van der Waals surface area contributed by atoms with E-state index in [0.29, 0.717) is 18.9 Å². The predicted octanol–water partition coefficient (Wildman–Crippen LogP) is 6.40. The van der Waals surface area contributed by atoms with E-state index in [2.05, 4.69) is 36.2 Å². The first-order valence-electron chi connectivity index (χ1n) is 10.7. The highest BCUT2D eigenvalue weighted by atomic mass is 16.5. The van der Waals surface area contributed by atoms with Gasteiger partial charge in [-0.25, -0.2) is 0 Å². The van der Waals surface area contributed by atoms with E-state index in [1.165, 1.54) is 44.9 Å². The number of ether oxygens (including phenoxy) is 1. The Morgan fingerprint density at radius 3 is 2.93 bits per heavy atom. The summed E-state index contributed by atoms with van der Waals surface area (Å²) >= 11 is 0. The van der Waals surface area contributed by atoms with Crippen molar-refractivity contribution in [3.05, 3.63) is 54.4 Å². The number of carbonyl (C=O) groups is 1. The Morgan fingerprint density at radius 2 is 2.11 bits per heavy atom. The van der Waals surface area contributed by atoms with Gasteiger partial charge in [-0.2, -0.15) is 0 Å². The molecule has 1 aliphatic rings. The summed E-state index contributed by atoms with van der Waals surface area (Å²) in [5, 5.41) is 0. The largest absolute Gasteiger partial charge is 0.461 e. The summed E-state index contributed by atoms with van der Waals surface area (Å²) in [6, 6.07) is 3.77. The Morgan fingerprint density at radius 1 is 1.26 bits per heavy atom. The molecule has 1 aromatic rings. The number of allylic oxidation sites excluding steroid dienone is 4. The van der Waals surface area contributed by atoms with Gasteiger partial charge in [0.2, 0.25) is 0 Å². The minimum absolute atomic E-state index is 0.104. The fraction of sp³-hybridized carbons (Fsp3) is 0.583. The predicted molar refractivity (Wildman–Crippen MR) is 111 cm³/mol. The van der Waals surface area contributed by atoms with Gasteiger partial charge in [0.1, 0.15) is 6.61 Å². The number of nitrogens with zero attached hydrogens (tertiary/aromatic N) is 1. The SMILES string of the molecule is CCCC1CC=CC1/C=C\CCCCCCCC(=O)OCc1cccnc1. The quantitative estimate of drug-likeness (QED) is 0.229. The molecular weight excluding hydrogens is 334 g/mol. The lowest BCUT2D eigenvalue weighted by atomic mass is 9.91. The van der Waals surface area contributed by atoms with Crippen molar-refractivity contribution in [2.24, 2.45) is 11.8 Å². The first kappa shape index (κ1) is 21.4. The number of pyridine rings is 1. The van der Waals surface area contributed by atoms with Crippen LogP contribution in [0.25, 0.3) is 0 Å². The number of hydrogen-bond donors (Lipinski definition) is 0. The van der Waals surface area contributed by atoms with Gasteiger partial charge in [-0.3, -0.25) is 9.78 Å². The van der Waals surface area contributed by atoms with Gasteiger partial charge in [0.25, 0.3) is 0 Å². The molecule has 0 aromatic carbocycles. The summed E-state index contributed by atoms with van der Waals surface area (Å²) in [5.41, 5.74) is 0.938. The van der Waals surface area contributed by atoms with Crippen LogP contribution in [0.3, 0.4) is 0 Å². The zero-order chi connectivity index (χ0) is 19.2. The fourth-order valence-corrected chi connectivity index (χ4v) is 3.66. The molecule has 3 heteroatoms. The number of carbonyl (C=O) groups excluding carboxylic acids is 1. The molecule has 27 heavy (non-hydrogen) atoms. The van der Waals surface area contributed by atoms with Crippen molar-refractivity contribution in [1.82, 2.24) is 4.98 Å². The van der Waals surface area contributed by atoms with Gasteiger partial charge in [0, 0.05) is 24.4 Å². The third-order valence-corrected chi connectivity index (χ3v) is 5.23. The summed E-state index contributed by atoms with van der Waals surface area (Å²) in [4.78, 5) is 15.7. The van der Waals surface area contributed by atoms with Crippen LogP contribution in [0.15, 0.2) is 48.8 Å². The Hall–Kier alpha value is -1.90. The smallest absolute Gasteiger partial charge is 0.306 e. The second-order valence-corrected chi connectivity index (χ2v) is 7.55. The molecule has 1 aliphatic carbocycles. The number of rotatable bonds is 13. The van der Waals surface area contributed by atoms with Crippen molar-refractivity contribution in [2.45, 2.75) is 77.7 Å². The van der Waals surface area contributed by atoms with Gasteiger partial charge < -0.3 is 4.74 Å². The van der Waals surface area contributed by atoms with Crippen molar-refractivity contribution >= 4 is 5.97 Å². The maximum atomic E-state index is 11.7. The van der Waals surface area contributed by atoms with Crippen LogP contribution < -0.4 is 0 Å². The highest BCUT2D eigenvalue weighted by Crippen LogP contribution is 2.30. The number of aromatic nitrogens is 1. The molecule has 0 spiro atoms. The van der Waals surface area contributed by atoms with Crippen LogP contribution >= 0.6 is 0 Å². The standard InChI is InChI=1S/C24H35NO2/c1-2-12-22-15-10-16-23(22)14-8-6-4-3-5-7-9-17-24(26)27-20-21-13-11-18-25-19-21/h8,10-11,13-14,16,18-19,22-23H,2-7,9,12,15,17,20H2,1H3/b14-8-. The van der Waals surface area contributed by atoms with Crippen LogP contribution in [0.4, 0.5) is 0 Å². The average Bonchev–Trinajstić information content (AvgIpc) is 3.13. The highest BCUT2D eigenvalue weighted by molar-refractivity contribution is 5.69. The third kappa shape index (κ3) is 9.03. The molecular formula is C24H35NO2. The highest BCUT2D eigenvalue weighted by Gasteiger charge is 2.18. The average molecular weight is 370 g/mol. The number of hydrogen-bond acceptors (Lipinski definition) is 3. The van der Waals surface area contributed by atoms with E-state index in [0.717, 1.165) is 24.3 Å². The van der Waals surface area contributed by atoms with Crippen LogP contribution in [0, 0.1) is 11.8 Å². The monoisotopic (exact) mass is 369 g/mol. The third-order valence-electron chi connectivity index (χ3n) is 5.23. The minimum atomic E-state index is -0.104. The molecule has 2 unspecified atom stereocenters. The number of esters is 1. The fourth-order valence-electron chi connectivity index (χ4n) is 3.66. The minimum Gasteiger partial charge on any atom is -0.461 e. The Bertz CT molecular complexity index is 579. The van der Waals surface area contributed by atoms with Gasteiger partial charge in [-0.05, 0) is 50.0 Å². The molecule has 0 amide bonds. The lowest BCUT2D eigenvalue weighted by molar-refractivity contribution is -0.145. The van der Waals surface area contributed by atoms with Crippen LogP contribution in [-0.4, -0.2) is 11.0 Å². The topological polar surface area (TPSA) is 39.2 Å². The van der Waals surface area contributed by atoms with E-state index < -0.39 is 0 Å². The summed E-state index contributed by atoms with van der Waals surface area (Å²) in [6.07, 6.45) is 24.3. The molecule has 1 heterocycles. The summed E-state index contributed by atoms with van der Waals surface area (Å²) in [6.45, 7) is 2.61. The van der Waals surface area contributed by atoms with Crippen molar-refractivity contribution in [3.8, 4) is 0 Å². The van der Waals surface area contributed by atoms with Gasteiger partial charge in [0.15, 0.2) is 0 Å². The van der Waals surface area contributed by atoms with Crippen molar-refractivity contribution in [3.63, 3.8) is 0 Å². The molecule has 0 aliphatic heterocycles. The van der Waals surface area contributed by atoms with Gasteiger partial charge in [-0.1, -0.05) is 63.0 Å². The van der Waals surface area contributed by atoms with E-state index in [1.807, 2.05) is 12.1 Å². The first-order chi connectivity index (χ1) is 13.3. The summed E-state index contributed by atoms with van der Waals surface area (Å²) in [5.74, 6) is 1.40. The zero-order valence-electron chi connectivity index (χ0n) is 16.8. The van der Waals surface area contributed by atoms with E-state index in [1.54, 1.807) is 12.4 Å². The second kappa shape index (κ2) is 13.3. The van der Waals surface area contributed by atoms with Crippen molar-refractivity contribution in [2.75, 3.05) is 0 Å². The molecule has 0 saturated carbocycles. The molecule has 2 atom stereocenters. The van der Waals surface area contributed by atoms with E-state index in [9.17, 15) is 4.79 Å². The molecule has 3 nitrogen and oxygen atoms in total. The zero-order valence-corrected chi connectivity index (χ0v) is 16.8. The normalized spacial score (nSPS) is 19.0. The van der Waals surface area contributed by atoms with Crippen molar-refractivity contribution in [1.29, 1.82) is 0 Å². The van der Waals surface area contributed by atoms with E-state index >= 15 is 0 Å². The lowest BCUT2D eigenvalue weighted by Gasteiger charge is -2.14. The van der Waals surface area contributed by atoms with Crippen LogP contribution in [-0.2, 0) is 16.1 Å². The lowest BCUT2D eigenvalue weighted by Crippen LogP contribution is -2.04. The molecule has 148 valence electrons. The van der Waals surface area contributed by atoms with Gasteiger partial charge in [0.05, 0.1) is 0 Å².